The second kappa shape index (κ2) is 10.5. The molecular formula is C18H29NO. The maximum Gasteiger partial charge on any atom is 0.224 e. The minimum atomic E-state index is 0.150. The topological polar surface area (TPSA) is 29.1 Å². The number of amides is 1. The van der Waals surface area contributed by atoms with Crippen molar-refractivity contribution in [1.29, 1.82) is 0 Å². The lowest BCUT2D eigenvalue weighted by atomic mass is 10.0. The summed E-state index contributed by atoms with van der Waals surface area (Å²) in [6.45, 7) is 4.39. The third kappa shape index (κ3) is 7.32. The van der Waals surface area contributed by atoms with E-state index in [1.165, 1.54) is 32.1 Å². The molecule has 20 heavy (non-hydrogen) atoms. The standard InChI is InChI=1S/C18H29NO/c1-3-5-6-7-11-14-17(4-2)19-18(20)15-16-12-9-8-10-13-16/h8-10,12-13,17H,3-7,11,14-15H2,1-2H3,(H,19,20). The highest BCUT2D eigenvalue weighted by atomic mass is 16.1. The number of unbranched alkanes of at least 4 members (excludes halogenated alkanes) is 4. The third-order valence-electron chi connectivity index (χ3n) is 3.72. The van der Waals surface area contributed by atoms with Crippen LogP contribution in [0.2, 0.25) is 0 Å². The van der Waals surface area contributed by atoms with Crippen LogP contribution in [0.25, 0.3) is 0 Å². The molecule has 1 rings (SSSR count). The number of carbonyl (C=O) groups excluding carboxylic acids is 1. The molecule has 2 nitrogen and oxygen atoms in total. The molecule has 1 aromatic carbocycles. The maximum absolute atomic E-state index is 12.0. The number of hydrogen-bond acceptors (Lipinski definition) is 1. The van der Waals surface area contributed by atoms with E-state index in [2.05, 4.69) is 19.2 Å². The molecule has 0 saturated heterocycles. The highest BCUT2D eigenvalue weighted by molar-refractivity contribution is 5.78. The molecule has 0 aliphatic rings. The molecule has 1 amide bonds. The van der Waals surface area contributed by atoms with E-state index in [1.807, 2.05) is 30.3 Å². The number of rotatable bonds is 10. The van der Waals surface area contributed by atoms with E-state index in [-0.39, 0.29) is 5.91 Å². The SMILES string of the molecule is CCCCCCCC(CC)NC(=O)Cc1ccccc1. The van der Waals surface area contributed by atoms with Crippen LogP contribution in [0.15, 0.2) is 30.3 Å². The van der Waals surface area contributed by atoms with Gasteiger partial charge in [-0.15, -0.1) is 0 Å². The minimum Gasteiger partial charge on any atom is -0.353 e. The molecule has 0 heterocycles. The smallest absolute Gasteiger partial charge is 0.224 e. The van der Waals surface area contributed by atoms with Crippen molar-refractivity contribution < 1.29 is 4.79 Å². The van der Waals surface area contributed by atoms with E-state index in [1.54, 1.807) is 0 Å². The predicted molar refractivity (Wildman–Crippen MR) is 85.7 cm³/mol. The Hall–Kier alpha value is -1.31. The average molecular weight is 275 g/mol. The Morgan fingerprint density at radius 3 is 2.40 bits per heavy atom. The second-order valence-corrected chi connectivity index (χ2v) is 5.54. The first kappa shape index (κ1) is 16.7. The lowest BCUT2D eigenvalue weighted by molar-refractivity contribution is -0.121. The molecule has 0 aliphatic carbocycles. The normalized spacial score (nSPS) is 12.1. The van der Waals surface area contributed by atoms with Gasteiger partial charge in [0.15, 0.2) is 0 Å². The van der Waals surface area contributed by atoms with Crippen LogP contribution in [0.4, 0.5) is 0 Å². The summed E-state index contributed by atoms with van der Waals surface area (Å²) >= 11 is 0. The fraction of sp³-hybridized carbons (Fsp3) is 0.611. The van der Waals surface area contributed by atoms with E-state index in [9.17, 15) is 4.79 Å². The van der Waals surface area contributed by atoms with Crippen LogP contribution in [0.3, 0.4) is 0 Å². The van der Waals surface area contributed by atoms with Gasteiger partial charge in [0, 0.05) is 6.04 Å². The molecule has 0 aliphatic heterocycles. The molecular weight excluding hydrogens is 246 g/mol. The van der Waals surface area contributed by atoms with Crippen molar-refractivity contribution in [2.45, 2.75) is 71.3 Å². The summed E-state index contributed by atoms with van der Waals surface area (Å²) in [7, 11) is 0. The predicted octanol–water partition coefficient (Wildman–Crippen LogP) is 4.48. The Morgan fingerprint density at radius 2 is 1.75 bits per heavy atom. The van der Waals surface area contributed by atoms with Crippen LogP contribution in [0.5, 0.6) is 0 Å². The highest BCUT2D eigenvalue weighted by Gasteiger charge is 2.10. The maximum atomic E-state index is 12.0. The number of carbonyl (C=O) groups is 1. The Kier molecular flexibility index (Phi) is 8.77. The summed E-state index contributed by atoms with van der Waals surface area (Å²) in [4.78, 5) is 12.0. The van der Waals surface area contributed by atoms with Crippen LogP contribution in [-0.4, -0.2) is 11.9 Å². The Bertz CT molecular complexity index is 361. The molecule has 1 aromatic rings. The second-order valence-electron chi connectivity index (χ2n) is 5.54. The highest BCUT2D eigenvalue weighted by Crippen LogP contribution is 2.09. The zero-order valence-corrected chi connectivity index (χ0v) is 13.0. The molecule has 1 atom stereocenters. The van der Waals surface area contributed by atoms with Crippen LogP contribution < -0.4 is 5.32 Å². The minimum absolute atomic E-state index is 0.150. The number of nitrogens with one attached hydrogen (secondary N) is 1. The van der Waals surface area contributed by atoms with Gasteiger partial charge in [-0.05, 0) is 18.4 Å². The van der Waals surface area contributed by atoms with Gasteiger partial charge in [0.25, 0.3) is 0 Å². The average Bonchev–Trinajstić information content (AvgIpc) is 2.46. The van der Waals surface area contributed by atoms with Gasteiger partial charge in [0.1, 0.15) is 0 Å². The van der Waals surface area contributed by atoms with E-state index < -0.39 is 0 Å². The molecule has 2 heteroatoms. The van der Waals surface area contributed by atoms with Crippen molar-refractivity contribution in [3.63, 3.8) is 0 Å². The molecule has 0 spiro atoms. The monoisotopic (exact) mass is 275 g/mol. The summed E-state index contributed by atoms with van der Waals surface area (Å²) in [5.41, 5.74) is 1.09. The summed E-state index contributed by atoms with van der Waals surface area (Å²) < 4.78 is 0. The van der Waals surface area contributed by atoms with Crippen molar-refractivity contribution >= 4 is 5.91 Å². The van der Waals surface area contributed by atoms with Crippen LogP contribution in [-0.2, 0) is 11.2 Å². The zero-order valence-electron chi connectivity index (χ0n) is 13.0. The first-order valence-electron chi connectivity index (χ1n) is 8.09. The molecule has 0 bridgehead atoms. The summed E-state index contributed by atoms with van der Waals surface area (Å²) in [5.74, 6) is 0.150. The molecule has 112 valence electrons. The van der Waals surface area contributed by atoms with Crippen LogP contribution in [0, 0.1) is 0 Å². The Labute approximate surface area is 124 Å². The van der Waals surface area contributed by atoms with Crippen molar-refractivity contribution in [3.05, 3.63) is 35.9 Å². The zero-order chi connectivity index (χ0) is 14.6. The molecule has 1 N–H and O–H groups in total. The van der Waals surface area contributed by atoms with Crippen LogP contribution >= 0.6 is 0 Å². The Balaban J connectivity index is 2.23. The van der Waals surface area contributed by atoms with Gasteiger partial charge in [0.2, 0.25) is 5.91 Å². The fourth-order valence-corrected chi connectivity index (χ4v) is 2.43. The first-order chi connectivity index (χ1) is 9.76. The van der Waals surface area contributed by atoms with E-state index in [0.29, 0.717) is 12.5 Å². The van der Waals surface area contributed by atoms with E-state index >= 15 is 0 Å². The molecule has 1 unspecified atom stereocenters. The molecule has 0 saturated carbocycles. The number of benzene rings is 1. The van der Waals surface area contributed by atoms with Gasteiger partial charge in [-0.25, -0.2) is 0 Å². The van der Waals surface area contributed by atoms with Crippen molar-refractivity contribution in [1.82, 2.24) is 5.32 Å². The van der Waals surface area contributed by atoms with Gasteiger partial charge in [-0.3, -0.25) is 4.79 Å². The van der Waals surface area contributed by atoms with Gasteiger partial charge in [-0.2, -0.15) is 0 Å². The molecule has 0 radical (unpaired) electrons. The van der Waals surface area contributed by atoms with Crippen molar-refractivity contribution in [2.75, 3.05) is 0 Å². The van der Waals surface area contributed by atoms with E-state index in [0.717, 1.165) is 18.4 Å². The largest absolute Gasteiger partial charge is 0.353 e. The lowest BCUT2D eigenvalue weighted by Crippen LogP contribution is -2.35. The Morgan fingerprint density at radius 1 is 1.05 bits per heavy atom. The van der Waals surface area contributed by atoms with Gasteiger partial charge in [0.05, 0.1) is 6.42 Å². The fourth-order valence-electron chi connectivity index (χ4n) is 2.43. The summed E-state index contributed by atoms with van der Waals surface area (Å²) in [6, 6.07) is 10.3. The molecule has 0 fully saturated rings. The molecule has 0 aromatic heterocycles. The van der Waals surface area contributed by atoms with Crippen LogP contribution in [0.1, 0.15) is 64.4 Å². The van der Waals surface area contributed by atoms with Crippen molar-refractivity contribution in [2.24, 2.45) is 0 Å². The van der Waals surface area contributed by atoms with Gasteiger partial charge < -0.3 is 5.32 Å². The van der Waals surface area contributed by atoms with E-state index in [4.69, 9.17) is 0 Å². The lowest BCUT2D eigenvalue weighted by Gasteiger charge is -2.17. The van der Waals surface area contributed by atoms with Gasteiger partial charge >= 0.3 is 0 Å². The summed E-state index contributed by atoms with van der Waals surface area (Å²) in [5, 5.41) is 3.17. The van der Waals surface area contributed by atoms with Gasteiger partial charge in [-0.1, -0.05) is 76.3 Å². The number of hydrogen-bond donors (Lipinski definition) is 1. The quantitative estimate of drug-likeness (QED) is 0.626. The summed E-state index contributed by atoms with van der Waals surface area (Å²) in [6.07, 6.45) is 9.08. The first-order valence-corrected chi connectivity index (χ1v) is 8.09. The van der Waals surface area contributed by atoms with Crippen molar-refractivity contribution in [3.8, 4) is 0 Å². The third-order valence-corrected chi connectivity index (χ3v) is 3.72.